The van der Waals surface area contributed by atoms with E-state index in [1.165, 1.54) is 0 Å². The van der Waals surface area contributed by atoms with Gasteiger partial charge in [-0.3, -0.25) is 0 Å². The Morgan fingerprint density at radius 3 is 1.62 bits per heavy atom. The van der Waals surface area contributed by atoms with E-state index in [1.807, 2.05) is 78.9 Å². The van der Waals surface area contributed by atoms with Crippen LogP contribution in [0.3, 0.4) is 0 Å². The second-order valence-corrected chi connectivity index (χ2v) is 15.3. The molecule has 61 heavy (non-hydrogen) atoms. The van der Waals surface area contributed by atoms with Gasteiger partial charge in [0, 0.05) is 39.3 Å². The summed E-state index contributed by atoms with van der Waals surface area (Å²) in [4.78, 5) is 17.3. The van der Waals surface area contributed by atoms with E-state index in [1.54, 1.807) is 0 Å². The number of nitrogens with two attached hydrogens (primary N) is 2. The molecule has 0 radical (unpaired) electrons. The lowest BCUT2D eigenvalue weighted by Crippen LogP contribution is -2.30. The average Bonchev–Trinajstić information content (AvgIpc) is 3.70. The van der Waals surface area contributed by atoms with E-state index in [4.69, 9.17) is 26.4 Å². The van der Waals surface area contributed by atoms with Crippen LogP contribution in [0.2, 0.25) is 0 Å². The molecule has 9 aromatic rings. The van der Waals surface area contributed by atoms with Crippen molar-refractivity contribution in [2.45, 2.75) is 19.5 Å². The lowest BCUT2D eigenvalue weighted by Gasteiger charge is -2.26. The van der Waals surface area contributed by atoms with E-state index in [2.05, 4.69) is 132 Å². The van der Waals surface area contributed by atoms with Crippen molar-refractivity contribution in [3.8, 4) is 78.7 Å². The summed E-state index contributed by atoms with van der Waals surface area (Å²) >= 11 is 0. The molecule has 294 valence electrons. The number of fused-ring (bicyclic) bond motifs is 1. The summed E-state index contributed by atoms with van der Waals surface area (Å²) in [6.07, 6.45) is 1.08. The number of aromatic nitrogens is 3. The molecule has 7 heteroatoms. The van der Waals surface area contributed by atoms with Crippen LogP contribution in [0.4, 0.5) is 28.4 Å². The average molecular weight is 790 g/mol. The number of hydrogen-bond donors (Lipinski definition) is 3. The largest absolute Gasteiger partial charge is 0.399 e. The highest BCUT2D eigenvalue weighted by Gasteiger charge is 2.29. The predicted molar refractivity (Wildman–Crippen MR) is 253 cm³/mol. The van der Waals surface area contributed by atoms with Crippen LogP contribution in [0.1, 0.15) is 13.3 Å². The second kappa shape index (κ2) is 16.0. The maximum absolute atomic E-state index is 6.81. The first kappa shape index (κ1) is 37.3. The Morgan fingerprint density at radius 2 is 0.967 bits per heavy atom. The molecule has 8 aromatic carbocycles. The Morgan fingerprint density at radius 1 is 0.443 bits per heavy atom. The third-order valence-electron chi connectivity index (χ3n) is 11.4. The number of nitrogen functional groups attached to an aromatic ring is 2. The molecule has 0 fully saturated rings. The summed E-state index contributed by atoms with van der Waals surface area (Å²) in [6.45, 7) is 2.21. The Kier molecular flexibility index (Phi) is 9.75. The van der Waals surface area contributed by atoms with Crippen molar-refractivity contribution in [3.05, 3.63) is 194 Å². The summed E-state index contributed by atoms with van der Waals surface area (Å²) < 4.78 is 0. The van der Waals surface area contributed by atoms with Gasteiger partial charge in [-0.1, -0.05) is 146 Å². The van der Waals surface area contributed by atoms with E-state index in [-0.39, 0.29) is 6.17 Å². The molecule has 0 bridgehead atoms. The molecular formula is C54H43N7. The number of nitrogens with zero attached hydrogens (tertiary/aromatic N) is 4. The van der Waals surface area contributed by atoms with Crippen LogP contribution >= 0.6 is 0 Å². The minimum atomic E-state index is 0.141. The topological polar surface area (TPSA) is 106 Å². The van der Waals surface area contributed by atoms with Crippen LogP contribution in [0.25, 0.3) is 78.7 Å². The van der Waals surface area contributed by atoms with Gasteiger partial charge >= 0.3 is 0 Å². The highest BCUT2D eigenvalue weighted by atomic mass is 15.3. The van der Waals surface area contributed by atoms with Gasteiger partial charge in [0.15, 0.2) is 17.5 Å². The van der Waals surface area contributed by atoms with Crippen molar-refractivity contribution in [2.24, 2.45) is 0 Å². The number of nitrogens with one attached hydrogen (secondary N) is 1. The number of anilines is 5. The number of benzene rings is 8. The highest BCUT2D eigenvalue weighted by Crippen LogP contribution is 2.44. The SMILES string of the molecule is CCC1Nc2ccc(-c3ccc(N)cc3)cc2N1c1ccc(-c2ccc(N)c(-c3ccccc3-c3cccc(-c4nc(-c5ccccc5)nc(-c5ccccc5)n4)c3)c2)cc1. The summed E-state index contributed by atoms with van der Waals surface area (Å²) in [6, 6.07) is 66.8. The minimum absolute atomic E-state index is 0.141. The molecule has 0 saturated heterocycles. The van der Waals surface area contributed by atoms with Gasteiger partial charge in [0.2, 0.25) is 0 Å². The van der Waals surface area contributed by atoms with Crippen LogP contribution in [-0.2, 0) is 0 Å². The van der Waals surface area contributed by atoms with E-state index in [0.29, 0.717) is 23.2 Å². The van der Waals surface area contributed by atoms with Crippen molar-refractivity contribution in [2.75, 3.05) is 21.7 Å². The smallest absolute Gasteiger partial charge is 0.164 e. The molecule has 1 aliphatic heterocycles. The van der Waals surface area contributed by atoms with Gasteiger partial charge in [-0.2, -0.15) is 0 Å². The zero-order valence-corrected chi connectivity index (χ0v) is 33.7. The highest BCUT2D eigenvalue weighted by molar-refractivity contribution is 5.92. The molecule has 0 aliphatic carbocycles. The van der Waals surface area contributed by atoms with Gasteiger partial charge in [-0.05, 0) is 100.0 Å². The van der Waals surface area contributed by atoms with Crippen LogP contribution in [0, 0.1) is 0 Å². The first-order valence-electron chi connectivity index (χ1n) is 20.6. The molecule has 1 unspecified atom stereocenters. The first-order chi connectivity index (χ1) is 30.0. The molecule has 10 rings (SSSR count). The zero-order chi connectivity index (χ0) is 41.3. The standard InChI is InChI=1S/C54H43N7/c1-2-51-57-49-31-25-40(35-20-26-43(55)27-21-35)34-50(49)61(51)44-28-22-36(23-29-44)39-24-30-48(56)47(33-39)46-19-10-9-18-45(46)41-16-11-17-42(32-41)54-59-52(37-12-5-3-6-13-37)58-53(60-54)38-14-7-4-8-15-38/h3-34,51,57H,2,55-56H2,1H3. The van der Waals surface area contributed by atoms with E-state index in [0.717, 1.165) is 90.4 Å². The fourth-order valence-corrected chi connectivity index (χ4v) is 8.24. The molecule has 1 aliphatic rings. The first-order valence-corrected chi connectivity index (χ1v) is 20.6. The van der Waals surface area contributed by atoms with Crippen molar-refractivity contribution >= 4 is 28.4 Å². The third-order valence-corrected chi connectivity index (χ3v) is 11.4. The van der Waals surface area contributed by atoms with E-state index in [9.17, 15) is 0 Å². The van der Waals surface area contributed by atoms with Gasteiger partial charge in [-0.25, -0.2) is 15.0 Å². The van der Waals surface area contributed by atoms with Crippen LogP contribution in [-0.4, -0.2) is 21.1 Å². The van der Waals surface area contributed by atoms with Gasteiger partial charge in [-0.15, -0.1) is 0 Å². The van der Waals surface area contributed by atoms with E-state index < -0.39 is 0 Å². The number of rotatable bonds is 9. The Balaban J connectivity index is 0.979. The maximum Gasteiger partial charge on any atom is 0.164 e. The summed E-state index contributed by atoms with van der Waals surface area (Å²) in [7, 11) is 0. The molecule has 2 heterocycles. The van der Waals surface area contributed by atoms with Gasteiger partial charge in [0.05, 0.1) is 11.4 Å². The monoisotopic (exact) mass is 789 g/mol. The fourth-order valence-electron chi connectivity index (χ4n) is 8.24. The molecule has 0 spiro atoms. The minimum Gasteiger partial charge on any atom is -0.399 e. The van der Waals surface area contributed by atoms with Crippen molar-refractivity contribution in [3.63, 3.8) is 0 Å². The van der Waals surface area contributed by atoms with Crippen molar-refractivity contribution < 1.29 is 0 Å². The molecular weight excluding hydrogens is 747 g/mol. The second-order valence-electron chi connectivity index (χ2n) is 15.3. The fraction of sp³-hybridized carbons (Fsp3) is 0.0556. The quantitative estimate of drug-likeness (QED) is 0.125. The van der Waals surface area contributed by atoms with Crippen molar-refractivity contribution in [1.29, 1.82) is 0 Å². The molecule has 1 aromatic heterocycles. The Labute approximate surface area is 356 Å². The normalized spacial score (nSPS) is 13.1. The zero-order valence-electron chi connectivity index (χ0n) is 33.7. The van der Waals surface area contributed by atoms with Gasteiger partial charge in [0.25, 0.3) is 0 Å². The molecule has 0 saturated carbocycles. The third kappa shape index (κ3) is 7.34. The maximum atomic E-state index is 6.81. The van der Waals surface area contributed by atoms with Crippen LogP contribution in [0.15, 0.2) is 194 Å². The molecule has 5 N–H and O–H groups in total. The Bertz CT molecular complexity index is 2940. The lowest BCUT2D eigenvalue weighted by molar-refractivity contribution is 0.728. The Hall–Kier alpha value is -8.03. The molecule has 0 amide bonds. The van der Waals surface area contributed by atoms with Crippen LogP contribution in [0.5, 0.6) is 0 Å². The van der Waals surface area contributed by atoms with Crippen molar-refractivity contribution in [1.82, 2.24) is 15.0 Å². The lowest BCUT2D eigenvalue weighted by atomic mass is 9.91. The summed E-state index contributed by atoms with van der Waals surface area (Å²) in [5.41, 5.74) is 29.1. The molecule has 7 nitrogen and oxygen atoms in total. The van der Waals surface area contributed by atoms with Gasteiger partial charge in [0.1, 0.15) is 6.17 Å². The number of hydrogen-bond acceptors (Lipinski definition) is 7. The summed E-state index contributed by atoms with van der Waals surface area (Å²) in [5, 5.41) is 3.73. The van der Waals surface area contributed by atoms with Gasteiger partial charge < -0.3 is 21.7 Å². The summed E-state index contributed by atoms with van der Waals surface area (Å²) in [5.74, 6) is 1.87. The van der Waals surface area contributed by atoms with Crippen LogP contribution < -0.4 is 21.7 Å². The molecule has 1 atom stereocenters. The van der Waals surface area contributed by atoms with E-state index >= 15 is 0 Å². The predicted octanol–water partition coefficient (Wildman–Crippen LogP) is 13.0.